The quantitative estimate of drug-likeness (QED) is 0.861. The van der Waals surface area contributed by atoms with Crippen molar-refractivity contribution in [2.75, 3.05) is 30.8 Å². The molecular formula is C14H19N3O2S. The highest BCUT2D eigenvalue weighted by molar-refractivity contribution is 7.19. The lowest BCUT2D eigenvalue weighted by molar-refractivity contribution is 0.0944. The second-order valence-corrected chi connectivity index (χ2v) is 6.25. The normalized spacial score (nSPS) is 18.6. The fourth-order valence-electron chi connectivity index (χ4n) is 2.31. The van der Waals surface area contributed by atoms with Crippen LogP contribution in [0.4, 0.5) is 10.7 Å². The zero-order valence-corrected chi connectivity index (χ0v) is 12.8. The third-order valence-electron chi connectivity index (χ3n) is 3.55. The Balaban J connectivity index is 2.37. The molecule has 2 N–H and O–H groups in total. The van der Waals surface area contributed by atoms with E-state index in [-0.39, 0.29) is 17.8 Å². The summed E-state index contributed by atoms with van der Waals surface area (Å²) in [4.78, 5) is 14.8. The molecule has 0 radical (unpaired) electrons. The summed E-state index contributed by atoms with van der Waals surface area (Å²) in [6.45, 7) is 5.23. The number of hydrogen-bond acceptors (Lipinski definition) is 6. The number of hydrogen-bond donors (Lipinski definition) is 1. The van der Waals surface area contributed by atoms with Gasteiger partial charge in [0.05, 0.1) is 16.7 Å². The van der Waals surface area contributed by atoms with Gasteiger partial charge in [0, 0.05) is 26.1 Å². The van der Waals surface area contributed by atoms with E-state index < -0.39 is 0 Å². The number of rotatable bonds is 4. The third-order valence-corrected chi connectivity index (χ3v) is 4.83. The highest BCUT2D eigenvalue weighted by atomic mass is 32.1. The average molecular weight is 293 g/mol. The van der Waals surface area contributed by atoms with Gasteiger partial charge >= 0.3 is 0 Å². The highest BCUT2D eigenvalue weighted by Crippen LogP contribution is 2.40. The SMILES string of the molecule is COC1CCN(c2sc(C(=O)C(C)C)c(N)c2C#N)C1. The molecule has 1 aromatic heterocycles. The van der Waals surface area contributed by atoms with E-state index in [9.17, 15) is 10.1 Å². The fourth-order valence-corrected chi connectivity index (χ4v) is 3.61. The van der Waals surface area contributed by atoms with Gasteiger partial charge in [0.15, 0.2) is 5.78 Å². The van der Waals surface area contributed by atoms with Crippen molar-refractivity contribution in [3.63, 3.8) is 0 Å². The lowest BCUT2D eigenvalue weighted by Gasteiger charge is -2.16. The monoisotopic (exact) mass is 293 g/mol. The third kappa shape index (κ3) is 2.51. The van der Waals surface area contributed by atoms with E-state index in [1.807, 2.05) is 13.8 Å². The Morgan fingerprint density at radius 2 is 2.30 bits per heavy atom. The second-order valence-electron chi connectivity index (χ2n) is 5.25. The highest BCUT2D eigenvalue weighted by Gasteiger charge is 2.29. The zero-order valence-electron chi connectivity index (χ0n) is 12.0. The summed E-state index contributed by atoms with van der Waals surface area (Å²) >= 11 is 1.33. The molecule has 0 bridgehead atoms. The van der Waals surface area contributed by atoms with Crippen molar-refractivity contribution < 1.29 is 9.53 Å². The summed E-state index contributed by atoms with van der Waals surface area (Å²) in [7, 11) is 1.69. The van der Waals surface area contributed by atoms with Gasteiger partial charge in [0.25, 0.3) is 0 Å². The van der Waals surface area contributed by atoms with Crippen LogP contribution < -0.4 is 10.6 Å². The largest absolute Gasteiger partial charge is 0.396 e. The Morgan fingerprint density at radius 3 is 2.80 bits per heavy atom. The van der Waals surface area contributed by atoms with Crippen molar-refractivity contribution in [1.29, 1.82) is 5.26 Å². The van der Waals surface area contributed by atoms with E-state index in [1.54, 1.807) is 7.11 Å². The average Bonchev–Trinajstić information content (AvgIpc) is 3.01. The van der Waals surface area contributed by atoms with Crippen molar-refractivity contribution >= 4 is 27.8 Å². The molecule has 2 heterocycles. The molecule has 0 amide bonds. The number of ether oxygens (including phenoxy) is 1. The lowest BCUT2D eigenvalue weighted by Crippen LogP contribution is -2.21. The van der Waals surface area contributed by atoms with Crippen LogP contribution in [-0.2, 0) is 4.74 Å². The lowest BCUT2D eigenvalue weighted by atomic mass is 10.1. The molecule has 108 valence electrons. The molecule has 1 fully saturated rings. The molecule has 1 unspecified atom stereocenters. The van der Waals surface area contributed by atoms with Gasteiger partial charge in [0.2, 0.25) is 0 Å². The van der Waals surface area contributed by atoms with Crippen molar-refractivity contribution in [3.8, 4) is 6.07 Å². The molecule has 1 aliphatic rings. The number of nitrogen functional groups attached to an aromatic ring is 1. The molecule has 20 heavy (non-hydrogen) atoms. The first-order chi connectivity index (χ1) is 9.49. The summed E-state index contributed by atoms with van der Waals surface area (Å²) < 4.78 is 5.34. The maximum Gasteiger partial charge on any atom is 0.177 e. The van der Waals surface area contributed by atoms with Gasteiger partial charge in [-0.05, 0) is 6.42 Å². The standard InChI is InChI=1S/C14H19N3O2S/c1-8(2)12(18)13-11(16)10(6-15)14(20-13)17-5-4-9(7-17)19-3/h8-9H,4-5,7,16H2,1-3H3. The molecular weight excluding hydrogens is 274 g/mol. The number of carbonyl (C=O) groups is 1. The minimum absolute atomic E-state index is 0.00209. The molecule has 0 spiro atoms. The minimum Gasteiger partial charge on any atom is -0.396 e. The van der Waals surface area contributed by atoms with Gasteiger partial charge < -0.3 is 15.4 Å². The Labute approximate surface area is 122 Å². The zero-order chi connectivity index (χ0) is 14.9. The molecule has 1 aromatic rings. The first-order valence-corrected chi connectivity index (χ1v) is 7.45. The summed E-state index contributed by atoms with van der Waals surface area (Å²) in [5, 5.41) is 10.1. The predicted molar refractivity (Wildman–Crippen MR) is 80.2 cm³/mol. The number of nitriles is 1. The van der Waals surface area contributed by atoms with Crippen LogP contribution in [0.2, 0.25) is 0 Å². The molecule has 1 atom stereocenters. The number of anilines is 2. The number of nitrogens with zero attached hydrogens (tertiary/aromatic N) is 2. The Morgan fingerprint density at radius 1 is 1.60 bits per heavy atom. The molecule has 1 aliphatic heterocycles. The van der Waals surface area contributed by atoms with Crippen LogP contribution in [0.3, 0.4) is 0 Å². The maximum atomic E-state index is 12.2. The number of Topliss-reactive ketones (excluding diaryl/α,β-unsaturated/α-hetero) is 1. The van der Waals surface area contributed by atoms with E-state index in [4.69, 9.17) is 10.5 Å². The molecule has 0 aromatic carbocycles. The van der Waals surface area contributed by atoms with Crippen LogP contribution in [0.25, 0.3) is 0 Å². The summed E-state index contributed by atoms with van der Waals surface area (Å²) in [5.74, 6) is -0.126. The number of thiophene rings is 1. The molecule has 0 saturated carbocycles. The predicted octanol–water partition coefficient (Wildman–Crippen LogP) is 2.27. The van der Waals surface area contributed by atoms with Gasteiger partial charge in [-0.3, -0.25) is 4.79 Å². The fraction of sp³-hybridized carbons (Fsp3) is 0.571. The summed E-state index contributed by atoms with van der Waals surface area (Å²) in [6.07, 6.45) is 1.10. The van der Waals surface area contributed by atoms with Crippen LogP contribution in [0.1, 0.15) is 35.5 Å². The maximum absolute atomic E-state index is 12.2. The van der Waals surface area contributed by atoms with Gasteiger partial charge in [-0.2, -0.15) is 5.26 Å². The van der Waals surface area contributed by atoms with Gasteiger partial charge in [-0.15, -0.1) is 11.3 Å². The van der Waals surface area contributed by atoms with Crippen LogP contribution in [-0.4, -0.2) is 32.1 Å². The molecule has 0 aliphatic carbocycles. The van der Waals surface area contributed by atoms with Gasteiger partial charge in [-0.1, -0.05) is 13.8 Å². The van der Waals surface area contributed by atoms with Crippen LogP contribution >= 0.6 is 11.3 Å². The van der Waals surface area contributed by atoms with Gasteiger partial charge in [0.1, 0.15) is 16.6 Å². The van der Waals surface area contributed by atoms with Crippen LogP contribution in [0, 0.1) is 17.2 Å². The van der Waals surface area contributed by atoms with Crippen LogP contribution in [0.5, 0.6) is 0 Å². The van der Waals surface area contributed by atoms with Crippen molar-refractivity contribution in [2.45, 2.75) is 26.4 Å². The molecule has 5 nitrogen and oxygen atoms in total. The summed E-state index contributed by atoms with van der Waals surface area (Å²) in [5.41, 5.74) is 6.75. The Bertz CT molecular complexity index is 560. The number of carbonyl (C=O) groups excluding carboxylic acids is 1. The van der Waals surface area contributed by atoms with Crippen molar-refractivity contribution in [3.05, 3.63) is 10.4 Å². The van der Waals surface area contributed by atoms with Gasteiger partial charge in [-0.25, -0.2) is 0 Å². The van der Waals surface area contributed by atoms with Crippen molar-refractivity contribution in [1.82, 2.24) is 0 Å². The molecule has 2 rings (SSSR count). The Kier molecular flexibility index (Phi) is 4.31. The Hall–Kier alpha value is -1.58. The van der Waals surface area contributed by atoms with E-state index in [0.717, 1.165) is 24.5 Å². The minimum atomic E-state index is -0.124. The van der Waals surface area contributed by atoms with E-state index in [0.29, 0.717) is 16.1 Å². The number of nitrogens with two attached hydrogens (primary N) is 1. The summed E-state index contributed by atoms with van der Waals surface area (Å²) in [6, 6.07) is 2.14. The molecule has 6 heteroatoms. The smallest absolute Gasteiger partial charge is 0.177 e. The second kappa shape index (κ2) is 5.81. The van der Waals surface area contributed by atoms with E-state index in [2.05, 4.69) is 11.0 Å². The first-order valence-electron chi connectivity index (χ1n) is 6.63. The number of ketones is 1. The topological polar surface area (TPSA) is 79.3 Å². The number of methoxy groups -OCH3 is 1. The molecule has 1 saturated heterocycles. The van der Waals surface area contributed by atoms with Crippen LogP contribution in [0.15, 0.2) is 0 Å². The van der Waals surface area contributed by atoms with Crippen molar-refractivity contribution in [2.24, 2.45) is 5.92 Å². The van der Waals surface area contributed by atoms with E-state index >= 15 is 0 Å². The van der Waals surface area contributed by atoms with E-state index in [1.165, 1.54) is 11.3 Å². The first kappa shape index (κ1) is 14.8.